The number of nitrogens with one attached hydrogen (secondary N) is 1. The fourth-order valence-electron chi connectivity index (χ4n) is 7.51. The van der Waals surface area contributed by atoms with E-state index in [0.717, 1.165) is 78.5 Å². The first-order chi connectivity index (χ1) is 22.8. The van der Waals surface area contributed by atoms with Crippen LogP contribution in [0.1, 0.15) is 73.6 Å². The molecular weight excluding hydrogens is 612 g/mol. The summed E-state index contributed by atoms with van der Waals surface area (Å²) in [6, 6.07) is 8.04. The van der Waals surface area contributed by atoms with Crippen molar-refractivity contribution in [2.75, 3.05) is 45.6 Å². The summed E-state index contributed by atoms with van der Waals surface area (Å²) in [5.41, 5.74) is 11.5. The minimum absolute atomic E-state index is 0.0827. The highest BCUT2D eigenvalue weighted by atomic mass is 35.5. The van der Waals surface area contributed by atoms with E-state index < -0.39 is 0 Å². The van der Waals surface area contributed by atoms with Gasteiger partial charge in [0.1, 0.15) is 34.3 Å². The number of ketones is 2. The predicted octanol–water partition coefficient (Wildman–Crippen LogP) is 4.90. The molecule has 0 radical (unpaired) electrons. The zero-order chi connectivity index (χ0) is 33.3. The Bertz CT molecular complexity index is 1740. The Morgan fingerprint density at radius 2 is 1.17 bits per heavy atom. The molecule has 11 heteroatoms. The second-order valence-corrected chi connectivity index (χ2v) is 13.9. The Morgan fingerprint density at radius 3 is 1.57 bits per heavy atom. The van der Waals surface area contributed by atoms with E-state index >= 15 is 0 Å². The molecule has 2 aromatic rings. The first kappa shape index (κ1) is 32.7. The van der Waals surface area contributed by atoms with Crippen LogP contribution in [0.5, 0.6) is 0 Å². The number of Topliss-reactive ketones (excluding diaryl/α,β-unsaturated/α-hetero) is 2. The van der Waals surface area contributed by atoms with Gasteiger partial charge in [0.05, 0.1) is 11.4 Å². The molecule has 6 aliphatic rings. The highest BCUT2D eigenvalue weighted by Crippen LogP contribution is 2.55. The van der Waals surface area contributed by atoms with Crippen LogP contribution in [-0.4, -0.2) is 71.6 Å². The molecule has 8 rings (SSSR count). The fourth-order valence-corrected chi connectivity index (χ4v) is 7.67. The minimum atomic E-state index is -0.110. The van der Waals surface area contributed by atoms with E-state index in [-0.39, 0.29) is 30.0 Å². The van der Waals surface area contributed by atoms with Crippen molar-refractivity contribution in [1.82, 2.24) is 19.8 Å². The molecule has 10 nitrogen and oxygen atoms in total. The molecule has 2 aromatic heterocycles. The molecule has 0 atom stereocenters. The lowest BCUT2D eigenvalue weighted by molar-refractivity contribution is -0.115. The standard InChI is InChI=1S/C18H20N4O.C17H16ClN3O.CH5N/c1-20-16-9-13-12(11-21-16)8-15(23)14(10-19)17(13)22-6-4-18(2-3-18)5-7-22;18-15-8-12-11(10-20-15)7-14(22)13(9-19)16(12)21-5-3-17(1-2-17)4-6-21;1-2/h9,11H,2-8H2,1H3,(H,20,21);8,10H,1-7H2;2H2,1H3. The summed E-state index contributed by atoms with van der Waals surface area (Å²) < 4.78 is 0. The molecule has 0 aromatic carbocycles. The van der Waals surface area contributed by atoms with Crippen LogP contribution >= 0.6 is 11.6 Å². The number of likely N-dealkylation sites (tertiary alicyclic amines) is 2. The molecular formula is C36H41ClN8O2. The van der Waals surface area contributed by atoms with Crippen molar-refractivity contribution in [2.24, 2.45) is 16.6 Å². The third-order valence-corrected chi connectivity index (χ3v) is 11.1. The lowest BCUT2D eigenvalue weighted by Gasteiger charge is -2.37. The van der Waals surface area contributed by atoms with Crippen molar-refractivity contribution in [3.63, 3.8) is 0 Å². The van der Waals surface area contributed by atoms with Gasteiger partial charge in [0.15, 0.2) is 11.6 Å². The molecule has 3 N–H and O–H groups in total. The summed E-state index contributed by atoms with van der Waals surface area (Å²) in [6.45, 7) is 3.69. The van der Waals surface area contributed by atoms with Crippen LogP contribution in [-0.2, 0) is 22.4 Å². The van der Waals surface area contributed by atoms with E-state index in [0.29, 0.717) is 21.6 Å². The molecule has 2 spiro atoms. The van der Waals surface area contributed by atoms with Crippen LogP contribution in [0, 0.1) is 33.5 Å². The molecule has 2 saturated heterocycles. The number of carbonyl (C=O) groups is 2. The summed E-state index contributed by atoms with van der Waals surface area (Å²) >= 11 is 6.04. The lowest BCUT2D eigenvalue weighted by Crippen LogP contribution is -2.36. The Labute approximate surface area is 281 Å². The first-order valence-corrected chi connectivity index (χ1v) is 16.9. The number of anilines is 1. The van der Waals surface area contributed by atoms with E-state index in [1.54, 1.807) is 18.5 Å². The van der Waals surface area contributed by atoms with E-state index in [1.165, 1.54) is 45.6 Å². The zero-order valence-electron chi connectivity index (χ0n) is 27.2. The second kappa shape index (κ2) is 13.1. The van der Waals surface area contributed by atoms with E-state index in [1.807, 2.05) is 13.1 Å². The van der Waals surface area contributed by atoms with Gasteiger partial charge in [0.2, 0.25) is 0 Å². The van der Waals surface area contributed by atoms with Gasteiger partial charge in [-0.3, -0.25) is 9.59 Å². The monoisotopic (exact) mass is 652 g/mol. The van der Waals surface area contributed by atoms with Crippen molar-refractivity contribution in [3.05, 3.63) is 63.1 Å². The average molecular weight is 653 g/mol. The van der Waals surface area contributed by atoms with Crippen LogP contribution in [0.25, 0.3) is 11.4 Å². The molecule has 0 unspecified atom stereocenters. The number of nitriles is 2. The van der Waals surface area contributed by atoms with E-state index in [4.69, 9.17) is 11.6 Å². The van der Waals surface area contributed by atoms with Gasteiger partial charge < -0.3 is 20.9 Å². The van der Waals surface area contributed by atoms with Crippen LogP contribution in [0.2, 0.25) is 5.15 Å². The lowest BCUT2D eigenvalue weighted by atomic mass is 9.86. The first-order valence-electron chi connectivity index (χ1n) is 16.5. The summed E-state index contributed by atoms with van der Waals surface area (Å²) in [6.07, 6.45) is 13.9. The predicted molar refractivity (Wildman–Crippen MR) is 181 cm³/mol. The highest BCUT2D eigenvalue weighted by molar-refractivity contribution is 6.29. The number of pyridine rings is 2. The number of hydrogen-bond acceptors (Lipinski definition) is 10. The number of carbonyl (C=O) groups excluding carboxylic acids is 2. The van der Waals surface area contributed by atoms with Crippen molar-refractivity contribution >= 4 is 40.4 Å². The number of rotatable bonds is 3. The quantitative estimate of drug-likeness (QED) is 0.438. The van der Waals surface area contributed by atoms with Crippen molar-refractivity contribution in [2.45, 2.75) is 64.2 Å². The molecule has 4 aliphatic carbocycles. The van der Waals surface area contributed by atoms with Gasteiger partial charge in [-0.2, -0.15) is 10.5 Å². The fraction of sp³-hybridized carbons (Fsp3) is 0.500. The second-order valence-electron chi connectivity index (χ2n) is 13.5. The molecule has 244 valence electrons. The third kappa shape index (κ3) is 6.37. The van der Waals surface area contributed by atoms with Crippen LogP contribution in [0.15, 0.2) is 35.7 Å². The maximum Gasteiger partial charge on any atom is 0.179 e. The molecule has 0 bridgehead atoms. The minimum Gasteiger partial charge on any atom is -0.373 e. The molecule has 2 aliphatic heterocycles. The number of hydrogen-bond donors (Lipinski definition) is 2. The topological polar surface area (TPSA) is 152 Å². The largest absolute Gasteiger partial charge is 0.373 e. The van der Waals surface area contributed by atoms with Crippen molar-refractivity contribution < 1.29 is 9.59 Å². The number of allylic oxidation sites excluding steroid dienone is 2. The zero-order valence-corrected chi connectivity index (χ0v) is 27.9. The van der Waals surface area contributed by atoms with Crippen LogP contribution in [0.4, 0.5) is 5.82 Å². The molecule has 2 saturated carbocycles. The third-order valence-electron chi connectivity index (χ3n) is 10.9. The SMILES string of the molecule is CN.CNc1cc2c(cn1)CC(=O)C(C#N)=C2N1CCC2(CC1)CC2.N#CC1=C(N2CCC3(CC2)CC3)c2cc(Cl)ncc2CC1=O. The summed E-state index contributed by atoms with van der Waals surface area (Å²) in [5.74, 6) is 0.574. The number of fused-ring (bicyclic) bond motifs is 2. The molecule has 0 amide bonds. The summed E-state index contributed by atoms with van der Waals surface area (Å²) in [4.78, 5) is 37.5. The van der Waals surface area contributed by atoms with Gasteiger partial charge in [-0.15, -0.1) is 0 Å². The number of aromatic nitrogens is 2. The van der Waals surface area contributed by atoms with Gasteiger partial charge in [-0.1, -0.05) is 11.6 Å². The van der Waals surface area contributed by atoms with Gasteiger partial charge in [0, 0.05) is 69.6 Å². The molecule has 47 heavy (non-hydrogen) atoms. The van der Waals surface area contributed by atoms with Crippen LogP contribution < -0.4 is 11.1 Å². The smallest absolute Gasteiger partial charge is 0.179 e. The Morgan fingerprint density at radius 1 is 0.745 bits per heavy atom. The number of nitrogens with zero attached hydrogens (tertiary/aromatic N) is 6. The van der Waals surface area contributed by atoms with Crippen molar-refractivity contribution in [1.29, 1.82) is 10.5 Å². The number of halogens is 1. The van der Waals surface area contributed by atoms with E-state index in [9.17, 15) is 20.1 Å². The normalized spacial score (nSPS) is 21.4. The summed E-state index contributed by atoms with van der Waals surface area (Å²) in [7, 11) is 3.33. The molecule has 4 fully saturated rings. The average Bonchev–Trinajstić information content (AvgIpc) is 4.04. The Hall–Kier alpha value is -4.25. The van der Waals surface area contributed by atoms with Gasteiger partial charge >= 0.3 is 0 Å². The highest BCUT2D eigenvalue weighted by Gasteiger charge is 2.46. The number of piperidine rings is 2. The number of nitrogens with two attached hydrogens (primary N) is 1. The Kier molecular flexibility index (Phi) is 9.11. The van der Waals surface area contributed by atoms with Gasteiger partial charge in [-0.25, -0.2) is 9.97 Å². The van der Waals surface area contributed by atoms with Gasteiger partial charge in [-0.05, 0) is 92.5 Å². The van der Waals surface area contributed by atoms with E-state index in [2.05, 4.69) is 43.0 Å². The van der Waals surface area contributed by atoms with Crippen LogP contribution in [0.3, 0.4) is 0 Å². The maximum absolute atomic E-state index is 12.4. The van der Waals surface area contributed by atoms with Crippen molar-refractivity contribution in [3.8, 4) is 12.1 Å². The van der Waals surface area contributed by atoms with Gasteiger partial charge in [0.25, 0.3) is 0 Å². The maximum atomic E-state index is 12.4. The molecule has 4 heterocycles. The summed E-state index contributed by atoms with van der Waals surface area (Å²) in [5, 5.41) is 22.5. The Balaban J connectivity index is 0.000000156.